The normalized spacial score (nSPS) is 11.4. The van der Waals surface area contributed by atoms with Gasteiger partial charge >= 0.3 is 6.18 Å². The van der Waals surface area contributed by atoms with E-state index in [9.17, 15) is 18.0 Å². The second kappa shape index (κ2) is 5.24. The van der Waals surface area contributed by atoms with Crippen molar-refractivity contribution in [2.24, 2.45) is 0 Å². The third-order valence-corrected chi connectivity index (χ3v) is 3.47. The number of hydrogen-bond acceptors (Lipinski definition) is 3. The van der Waals surface area contributed by atoms with Crippen molar-refractivity contribution < 1.29 is 18.0 Å². The number of carbonyl (C=O) groups is 1. The molecular formula is C13H11F3N2OS. The van der Waals surface area contributed by atoms with Gasteiger partial charge in [-0.25, -0.2) is 4.98 Å². The van der Waals surface area contributed by atoms with Gasteiger partial charge in [0.15, 0.2) is 0 Å². The van der Waals surface area contributed by atoms with Gasteiger partial charge in [-0.15, -0.1) is 11.3 Å². The zero-order valence-electron chi connectivity index (χ0n) is 10.7. The molecule has 2 rings (SSSR count). The molecule has 0 aliphatic heterocycles. The lowest BCUT2D eigenvalue weighted by Crippen LogP contribution is -2.14. The number of hydrogen-bond donors (Lipinski definition) is 1. The Labute approximate surface area is 117 Å². The molecular weight excluding hydrogens is 289 g/mol. The highest BCUT2D eigenvalue weighted by Gasteiger charge is 2.30. The van der Waals surface area contributed by atoms with Crippen LogP contribution in [0, 0.1) is 13.8 Å². The van der Waals surface area contributed by atoms with Crippen LogP contribution < -0.4 is 5.32 Å². The van der Waals surface area contributed by atoms with E-state index in [2.05, 4.69) is 10.3 Å². The Hall–Kier alpha value is -1.89. The Morgan fingerprint density at radius 1 is 1.20 bits per heavy atom. The Kier molecular flexibility index (Phi) is 3.80. The van der Waals surface area contributed by atoms with E-state index in [1.54, 1.807) is 13.8 Å². The number of alkyl halides is 3. The fraction of sp³-hybridized carbons (Fsp3) is 0.231. The zero-order chi connectivity index (χ0) is 14.9. The van der Waals surface area contributed by atoms with Crippen molar-refractivity contribution in [1.82, 2.24) is 4.98 Å². The molecule has 7 heteroatoms. The van der Waals surface area contributed by atoms with Crippen LogP contribution in [0.3, 0.4) is 0 Å². The van der Waals surface area contributed by atoms with Gasteiger partial charge in [0.2, 0.25) is 0 Å². The summed E-state index contributed by atoms with van der Waals surface area (Å²) < 4.78 is 37.2. The van der Waals surface area contributed by atoms with Crippen molar-refractivity contribution in [2.75, 3.05) is 5.32 Å². The second-order valence-corrected chi connectivity index (χ2v) is 5.57. The Bertz CT molecular complexity index is 632. The minimum atomic E-state index is -4.38. The monoisotopic (exact) mass is 300 g/mol. The number of carbonyl (C=O) groups excluding carboxylic acids is 1. The molecule has 0 radical (unpaired) electrons. The molecule has 0 spiro atoms. The van der Waals surface area contributed by atoms with Crippen LogP contribution in [-0.4, -0.2) is 10.9 Å². The summed E-state index contributed by atoms with van der Waals surface area (Å²) in [6.07, 6.45) is -4.38. The molecule has 3 nitrogen and oxygen atoms in total. The van der Waals surface area contributed by atoms with Crippen molar-refractivity contribution in [1.29, 1.82) is 0 Å². The summed E-state index contributed by atoms with van der Waals surface area (Å²) in [6.45, 7) is 3.55. The zero-order valence-corrected chi connectivity index (χ0v) is 11.5. The summed E-state index contributed by atoms with van der Waals surface area (Å²) in [5.41, 5.74) is -0.156. The van der Waals surface area contributed by atoms with Crippen LogP contribution in [0.2, 0.25) is 0 Å². The number of rotatable bonds is 2. The van der Waals surface area contributed by atoms with E-state index in [1.165, 1.54) is 23.5 Å². The van der Waals surface area contributed by atoms with Gasteiger partial charge in [-0.05, 0) is 38.1 Å². The minimum absolute atomic E-state index is 0.299. The van der Waals surface area contributed by atoms with Crippen molar-refractivity contribution in [3.05, 3.63) is 45.4 Å². The summed E-state index contributed by atoms with van der Waals surface area (Å²) in [7, 11) is 0. The van der Waals surface area contributed by atoms with Crippen molar-refractivity contribution in [3.63, 3.8) is 0 Å². The van der Waals surface area contributed by atoms with Gasteiger partial charge in [0.25, 0.3) is 5.91 Å². The highest BCUT2D eigenvalue weighted by Crippen LogP contribution is 2.30. The molecule has 1 N–H and O–H groups in total. The molecule has 0 unspecified atom stereocenters. The lowest BCUT2D eigenvalue weighted by atomic mass is 10.2. The Morgan fingerprint density at radius 2 is 1.80 bits per heavy atom. The fourth-order valence-electron chi connectivity index (χ4n) is 1.67. The highest BCUT2D eigenvalue weighted by molar-refractivity contribution is 7.11. The van der Waals surface area contributed by atoms with Gasteiger partial charge in [-0.3, -0.25) is 4.79 Å². The molecule has 0 bridgehead atoms. The smallest absolute Gasteiger partial charge is 0.321 e. The van der Waals surface area contributed by atoms with E-state index in [1.807, 2.05) is 0 Å². The lowest BCUT2D eigenvalue weighted by Gasteiger charge is -2.08. The van der Waals surface area contributed by atoms with Crippen molar-refractivity contribution in [3.8, 4) is 0 Å². The second-order valence-electron chi connectivity index (χ2n) is 4.17. The molecule has 2 aromatic rings. The predicted molar refractivity (Wildman–Crippen MR) is 71.0 cm³/mol. The standard InChI is InChI=1S/C13H11F3N2OS/c1-7-11(17-8(2)20-7)12(19)18-10-5-3-9(4-6-10)13(14,15)16/h3-6H,1-2H3,(H,18,19). The highest BCUT2D eigenvalue weighted by atomic mass is 32.1. The summed E-state index contributed by atoms with van der Waals surface area (Å²) in [6, 6.07) is 4.29. The topological polar surface area (TPSA) is 42.0 Å². The first-order chi connectivity index (χ1) is 9.27. The average Bonchev–Trinajstić information content (AvgIpc) is 2.68. The summed E-state index contributed by atoms with van der Waals surface area (Å²) in [5, 5.41) is 3.29. The molecule has 0 aliphatic rings. The van der Waals surface area contributed by atoms with Gasteiger partial charge in [-0.2, -0.15) is 13.2 Å². The minimum Gasteiger partial charge on any atom is -0.321 e. The van der Waals surface area contributed by atoms with E-state index in [4.69, 9.17) is 0 Å². The summed E-state index contributed by atoms with van der Waals surface area (Å²) in [5.74, 6) is -0.424. The maximum absolute atomic E-state index is 12.4. The van der Waals surface area contributed by atoms with Crippen LogP contribution in [0.15, 0.2) is 24.3 Å². The Morgan fingerprint density at radius 3 is 2.25 bits per heavy atom. The third kappa shape index (κ3) is 3.16. The third-order valence-electron chi connectivity index (χ3n) is 2.59. The fourth-order valence-corrected chi connectivity index (χ4v) is 2.49. The van der Waals surface area contributed by atoms with Crippen molar-refractivity contribution in [2.45, 2.75) is 20.0 Å². The number of nitrogens with one attached hydrogen (secondary N) is 1. The Balaban J connectivity index is 2.14. The first-order valence-electron chi connectivity index (χ1n) is 5.70. The van der Waals surface area contributed by atoms with Crippen LogP contribution >= 0.6 is 11.3 Å². The summed E-state index contributed by atoms with van der Waals surface area (Å²) >= 11 is 1.39. The SMILES string of the molecule is Cc1nc(C(=O)Nc2ccc(C(F)(F)F)cc2)c(C)s1. The maximum Gasteiger partial charge on any atom is 0.416 e. The molecule has 0 saturated heterocycles. The van der Waals surface area contributed by atoms with Gasteiger partial charge in [0.1, 0.15) is 5.69 Å². The first-order valence-corrected chi connectivity index (χ1v) is 6.51. The molecule has 0 atom stereocenters. The molecule has 20 heavy (non-hydrogen) atoms. The first kappa shape index (κ1) is 14.5. The number of amides is 1. The molecule has 1 heterocycles. The molecule has 0 fully saturated rings. The quantitative estimate of drug-likeness (QED) is 0.909. The molecule has 1 amide bonds. The number of anilines is 1. The lowest BCUT2D eigenvalue weighted by molar-refractivity contribution is -0.137. The van der Waals surface area contributed by atoms with E-state index < -0.39 is 17.6 Å². The number of halogens is 3. The number of aryl methyl sites for hydroxylation is 2. The average molecular weight is 300 g/mol. The van der Waals surface area contributed by atoms with Crippen LogP contribution in [-0.2, 0) is 6.18 Å². The van der Waals surface area contributed by atoms with E-state index in [0.717, 1.165) is 22.0 Å². The van der Waals surface area contributed by atoms with E-state index >= 15 is 0 Å². The molecule has 1 aromatic heterocycles. The molecule has 1 aromatic carbocycles. The van der Waals surface area contributed by atoms with E-state index in [-0.39, 0.29) is 0 Å². The van der Waals surface area contributed by atoms with Gasteiger partial charge in [0, 0.05) is 10.6 Å². The molecule has 106 valence electrons. The molecule has 0 saturated carbocycles. The summed E-state index contributed by atoms with van der Waals surface area (Å²) in [4.78, 5) is 16.8. The predicted octanol–water partition coefficient (Wildman–Crippen LogP) is 4.03. The van der Waals surface area contributed by atoms with Crippen molar-refractivity contribution >= 4 is 22.9 Å². The number of benzene rings is 1. The number of nitrogens with zero attached hydrogens (tertiary/aromatic N) is 1. The largest absolute Gasteiger partial charge is 0.416 e. The number of aromatic nitrogens is 1. The van der Waals surface area contributed by atoms with Crippen LogP contribution in [0.1, 0.15) is 25.9 Å². The van der Waals surface area contributed by atoms with Gasteiger partial charge < -0.3 is 5.32 Å². The number of thiazole rings is 1. The van der Waals surface area contributed by atoms with Crippen LogP contribution in [0.5, 0.6) is 0 Å². The van der Waals surface area contributed by atoms with Crippen LogP contribution in [0.25, 0.3) is 0 Å². The van der Waals surface area contributed by atoms with E-state index in [0.29, 0.717) is 11.4 Å². The van der Waals surface area contributed by atoms with Crippen LogP contribution in [0.4, 0.5) is 18.9 Å². The molecule has 0 aliphatic carbocycles. The van der Waals surface area contributed by atoms with Gasteiger partial charge in [0.05, 0.1) is 10.6 Å². The van der Waals surface area contributed by atoms with Gasteiger partial charge in [-0.1, -0.05) is 0 Å². The maximum atomic E-state index is 12.4.